The summed E-state index contributed by atoms with van der Waals surface area (Å²) in [7, 11) is 0. The van der Waals surface area contributed by atoms with Gasteiger partial charge in [-0.2, -0.15) is 0 Å². The molecule has 0 N–H and O–H groups in total. The van der Waals surface area contributed by atoms with Gasteiger partial charge in [0.15, 0.2) is 0 Å². The lowest BCUT2D eigenvalue weighted by Gasteiger charge is -2.15. The minimum Gasteiger partial charge on any atom is -0.303 e. The van der Waals surface area contributed by atoms with Crippen molar-refractivity contribution in [2.45, 2.75) is 53.4 Å². The van der Waals surface area contributed by atoms with Crippen LogP contribution in [0.25, 0.3) is 0 Å². The lowest BCUT2D eigenvalue weighted by Crippen LogP contribution is -2.03. The summed E-state index contributed by atoms with van der Waals surface area (Å²) >= 11 is 0. The van der Waals surface area contributed by atoms with Crippen molar-refractivity contribution < 1.29 is 4.79 Å². The van der Waals surface area contributed by atoms with Crippen LogP contribution in [0.4, 0.5) is 0 Å². The smallest absolute Gasteiger partial charge is 0.120 e. The first-order chi connectivity index (χ1) is 6.57. The molecule has 0 bridgehead atoms. The normalized spacial score (nSPS) is 14.5. The van der Waals surface area contributed by atoms with Crippen molar-refractivity contribution >= 4 is 6.29 Å². The molecule has 82 valence electrons. The molecule has 1 unspecified atom stereocenters. The summed E-state index contributed by atoms with van der Waals surface area (Å²) in [6.07, 6.45) is 7.20. The summed E-state index contributed by atoms with van der Waals surface area (Å²) in [6, 6.07) is 0. The van der Waals surface area contributed by atoms with E-state index < -0.39 is 0 Å². The van der Waals surface area contributed by atoms with Crippen LogP contribution >= 0.6 is 0 Å². The van der Waals surface area contributed by atoms with Crippen molar-refractivity contribution in [1.29, 1.82) is 0 Å². The molecule has 0 spiro atoms. The second kappa shape index (κ2) is 7.78. The van der Waals surface area contributed by atoms with Crippen molar-refractivity contribution in [2.24, 2.45) is 11.8 Å². The Bertz CT molecular complexity index is 180. The number of hydrogen-bond acceptors (Lipinski definition) is 1. The summed E-state index contributed by atoms with van der Waals surface area (Å²) in [6.45, 7) is 9.02. The van der Waals surface area contributed by atoms with Crippen LogP contribution in [-0.2, 0) is 4.79 Å². The number of allylic oxidation sites excluding steroid dienone is 2. The van der Waals surface area contributed by atoms with E-state index in [1.165, 1.54) is 18.4 Å². The molecule has 0 aromatic carbocycles. The summed E-state index contributed by atoms with van der Waals surface area (Å²) in [4.78, 5) is 10.1. The Morgan fingerprint density at radius 1 is 1.21 bits per heavy atom. The number of rotatable bonds is 7. The van der Waals surface area contributed by atoms with Gasteiger partial charge in [0.1, 0.15) is 6.29 Å². The summed E-state index contributed by atoms with van der Waals surface area (Å²) in [5.41, 5.74) is 1.43. The number of hydrogen-bond donors (Lipinski definition) is 0. The van der Waals surface area contributed by atoms with Crippen molar-refractivity contribution in [3.8, 4) is 0 Å². The Morgan fingerprint density at radius 3 is 2.36 bits per heavy atom. The second-order valence-electron chi connectivity index (χ2n) is 4.55. The predicted molar refractivity (Wildman–Crippen MR) is 62.3 cm³/mol. The monoisotopic (exact) mass is 196 g/mol. The average Bonchev–Trinajstić information content (AvgIpc) is 2.14. The summed E-state index contributed by atoms with van der Waals surface area (Å²) in [5, 5.41) is 0. The lowest BCUT2D eigenvalue weighted by atomic mass is 9.91. The molecule has 0 saturated heterocycles. The molecule has 1 nitrogen and oxygen atoms in total. The lowest BCUT2D eigenvalue weighted by molar-refractivity contribution is -0.107. The van der Waals surface area contributed by atoms with Crippen molar-refractivity contribution in [3.63, 3.8) is 0 Å². The van der Waals surface area contributed by atoms with E-state index in [0.717, 1.165) is 24.5 Å². The molecule has 0 radical (unpaired) electrons. The van der Waals surface area contributed by atoms with Gasteiger partial charge in [-0.1, -0.05) is 32.4 Å². The maximum absolute atomic E-state index is 10.1. The summed E-state index contributed by atoms with van der Waals surface area (Å²) in [5.74, 6) is 1.57. The van der Waals surface area contributed by atoms with Crippen LogP contribution in [0, 0.1) is 11.8 Å². The van der Waals surface area contributed by atoms with Gasteiger partial charge in [-0.15, -0.1) is 0 Å². The molecule has 0 rings (SSSR count). The van der Waals surface area contributed by atoms with Gasteiger partial charge in [0, 0.05) is 6.42 Å². The fraction of sp³-hybridized carbons (Fsp3) is 0.769. The van der Waals surface area contributed by atoms with Crippen LogP contribution in [0.2, 0.25) is 0 Å². The number of carbonyl (C=O) groups excluding carboxylic acids is 1. The SMILES string of the molecule is C/C(=C\CCC=O)CCC(C)C(C)C. The Labute approximate surface area is 88.6 Å². The first kappa shape index (κ1) is 13.4. The highest BCUT2D eigenvalue weighted by molar-refractivity contribution is 5.49. The second-order valence-corrected chi connectivity index (χ2v) is 4.55. The van der Waals surface area contributed by atoms with Crippen LogP contribution in [0.1, 0.15) is 53.4 Å². The van der Waals surface area contributed by atoms with E-state index in [0.29, 0.717) is 6.42 Å². The number of unbranched alkanes of at least 4 members (excludes halogenated alkanes) is 1. The van der Waals surface area contributed by atoms with Gasteiger partial charge in [-0.3, -0.25) is 0 Å². The zero-order chi connectivity index (χ0) is 11.0. The van der Waals surface area contributed by atoms with Crippen LogP contribution in [-0.4, -0.2) is 6.29 Å². The van der Waals surface area contributed by atoms with Gasteiger partial charge in [0.2, 0.25) is 0 Å². The van der Waals surface area contributed by atoms with Gasteiger partial charge < -0.3 is 4.79 Å². The fourth-order valence-electron chi connectivity index (χ4n) is 1.29. The molecule has 0 aliphatic rings. The zero-order valence-electron chi connectivity index (χ0n) is 10.0. The molecule has 0 aromatic rings. The van der Waals surface area contributed by atoms with E-state index in [-0.39, 0.29) is 0 Å². The first-order valence-electron chi connectivity index (χ1n) is 5.67. The molecular weight excluding hydrogens is 172 g/mol. The minimum atomic E-state index is 0.664. The Kier molecular flexibility index (Phi) is 7.45. The van der Waals surface area contributed by atoms with Crippen molar-refractivity contribution in [2.75, 3.05) is 0 Å². The fourth-order valence-corrected chi connectivity index (χ4v) is 1.29. The first-order valence-corrected chi connectivity index (χ1v) is 5.67. The predicted octanol–water partition coefficient (Wildman–Crippen LogP) is 3.98. The third-order valence-electron chi connectivity index (χ3n) is 2.91. The Hall–Kier alpha value is -0.590. The topological polar surface area (TPSA) is 17.1 Å². The van der Waals surface area contributed by atoms with Crippen molar-refractivity contribution in [3.05, 3.63) is 11.6 Å². The Balaban J connectivity index is 3.66. The third-order valence-corrected chi connectivity index (χ3v) is 2.91. The van der Waals surface area contributed by atoms with Gasteiger partial charge >= 0.3 is 0 Å². The molecule has 0 fully saturated rings. The molecule has 1 atom stereocenters. The molecule has 14 heavy (non-hydrogen) atoms. The molecular formula is C13H24O. The van der Waals surface area contributed by atoms with Crippen LogP contribution < -0.4 is 0 Å². The highest BCUT2D eigenvalue weighted by atomic mass is 16.1. The molecule has 0 heterocycles. The maximum Gasteiger partial charge on any atom is 0.120 e. The van der Waals surface area contributed by atoms with Crippen LogP contribution in [0.15, 0.2) is 11.6 Å². The Morgan fingerprint density at radius 2 is 1.86 bits per heavy atom. The molecule has 1 heteroatoms. The van der Waals surface area contributed by atoms with Gasteiger partial charge in [0.25, 0.3) is 0 Å². The molecule has 0 aliphatic carbocycles. The average molecular weight is 196 g/mol. The van der Waals surface area contributed by atoms with E-state index in [1.807, 2.05) is 0 Å². The van der Waals surface area contributed by atoms with E-state index in [9.17, 15) is 4.79 Å². The number of carbonyl (C=O) groups is 1. The van der Waals surface area contributed by atoms with E-state index in [2.05, 4.69) is 33.8 Å². The zero-order valence-corrected chi connectivity index (χ0v) is 10.0. The van der Waals surface area contributed by atoms with E-state index >= 15 is 0 Å². The standard InChI is InChI=1S/C13H24O/c1-11(2)13(4)9-8-12(3)7-5-6-10-14/h7,10-11,13H,5-6,8-9H2,1-4H3/b12-7+. The minimum absolute atomic E-state index is 0.664. The maximum atomic E-state index is 10.1. The van der Waals surface area contributed by atoms with Gasteiger partial charge in [-0.25, -0.2) is 0 Å². The van der Waals surface area contributed by atoms with E-state index in [4.69, 9.17) is 0 Å². The van der Waals surface area contributed by atoms with Crippen molar-refractivity contribution in [1.82, 2.24) is 0 Å². The summed E-state index contributed by atoms with van der Waals surface area (Å²) < 4.78 is 0. The van der Waals surface area contributed by atoms with Crippen LogP contribution in [0.5, 0.6) is 0 Å². The number of aldehydes is 1. The van der Waals surface area contributed by atoms with Crippen LogP contribution in [0.3, 0.4) is 0 Å². The third kappa shape index (κ3) is 6.88. The van der Waals surface area contributed by atoms with Gasteiger partial charge in [0.05, 0.1) is 0 Å². The molecule has 0 aromatic heterocycles. The highest BCUT2D eigenvalue weighted by Crippen LogP contribution is 2.19. The largest absolute Gasteiger partial charge is 0.303 e. The quantitative estimate of drug-likeness (QED) is 0.342. The molecule has 0 aliphatic heterocycles. The van der Waals surface area contributed by atoms with E-state index in [1.54, 1.807) is 0 Å². The van der Waals surface area contributed by atoms with Gasteiger partial charge in [-0.05, 0) is 38.0 Å². The molecule has 0 amide bonds. The highest BCUT2D eigenvalue weighted by Gasteiger charge is 2.06. The molecule has 0 saturated carbocycles.